The molecule has 0 radical (unpaired) electrons. The van der Waals surface area contributed by atoms with Crippen LogP contribution in [0.25, 0.3) is 0 Å². The van der Waals surface area contributed by atoms with Crippen LogP contribution in [0.4, 0.5) is 5.69 Å². The highest BCUT2D eigenvalue weighted by Crippen LogP contribution is 2.25. The Labute approximate surface area is 137 Å². The summed E-state index contributed by atoms with van der Waals surface area (Å²) in [5, 5.41) is 0. The van der Waals surface area contributed by atoms with Crippen molar-refractivity contribution in [3.05, 3.63) is 29.8 Å². The number of nitrogen functional groups attached to an aromatic ring is 1. The Kier molecular flexibility index (Phi) is 7.24. The van der Waals surface area contributed by atoms with Gasteiger partial charge in [0.15, 0.2) is 0 Å². The summed E-state index contributed by atoms with van der Waals surface area (Å²) in [7, 11) is 0. The zero-order valence-electron chi connectivity index (χ0n) is 14.6. The van der Waals surface area contributed by atoms with Gasteiger partial charge in [-0.2, -0.15) is 0 Å². The summed E-state index contributed by atoms with van der Waals surface area (Å²) in [5.74, 6) is 1.72. The third-order valence-corrected chi connectivity index (χ3v) is 5.33. The highest BCUT2D eigenvalue weighted by atomic mass is 15.1. The SMILES string of the molecule is CCCCC(CC)CN1CCC(Cc2ccccc2N)CC1. The lowest BCUT2D eigenvalue weighted by atomic mass is 9.88. The molecule has 1 fully saturated rings. The van der Waals surface area contributed by atoms with Crippen molar-refractivity contribution in [1.29, 1.82) is 0 Å². The summed E-state index contributed by atoms with van der Waals surface area (Å²) in [6, 6.07) is 8.37. The van der Waals surface area contributed by atoms with Crippen molar-refractivity contribution >= 4 is 5.69 Å². The Morgan fingerprint density at radius 2 is 1.91 bits per heavy atom. The van der Waals surface area contributed by atoms with Crippen molar-refractivity contribution in [3.8, 4) is 0 Å². The molecule has 124 valence electrons. The van der Waals surface area contributed by atoms with E-state index in [9.17, 15) is 0 Å². The highest BCUT2D eigenvalue weighted by molar-refractivity contribution is 5.46. The summed E-state index contributed by atoms with van der Waals surface area (Å²) in [5.41, 5.74) is 8.40. The van der Waals surface area contributed by atoms with Crippen molar-refractivity contribution in [3.63, 3.8) is 0 Å². The predicted molar refractivity (Wildman–Crippen MR) is 97.0 cm³/mol. The van der Waals surface area contributed by atoms with Gasteiger partial charge in [-0.3, -0.25) is 0 Å². The summed E-state index contributed by atoms with van der Waals surface area (Å²) < 4.78 is 0. The number of likely N-dealkylation sites (tertiary alicyclic amines) is 1. The Morgan fingerprint density at radius 1 is 1.18 bits per heavy atom. The number of rotatable bonds is 8. The van der Waals surface area contributed by atoms with Crippen molar-refractivity contribution in [1.82, 2.24) is 4.90 Å². The molecule has 2 N–H and O–H groups in total. The first-order chi connectivity index (χ1) is 10.7. The molecule has 1 heterocycles. The van der Waals surface area contributed by atoms with E-state index in [4.69, 9.17) is 5.73 Å². The van der Waals surface area contributed by atoms with Crippen LogP contribution in [0.15, 0.2) is 24.3 Å². The molecule has 0 saturated carbocycles. The van der Waals surface area contributed by atoms with Crippen molar-refractivity contribution in [2.24, 2.45) is 11.8 Å². The van der Waals surface area contributed by atoms with E-state index < -0.39 is 0 Å². The van der Waals surface area contributed by atoms with Crippen LogP contribution in [0.5, 0.6) is 0 Å². The summed E-state index contributed by atoms with van der Waals surface area (Å²) >= 11 is 0. The van der Waals surface area contributed by atoms with E-state index in [2.05, 4.69) is 30.9 Å². The summed E-state index contributed by atoms with van der Waals surface area (Å²) in [4.78, 5) is 2.70. The molecule has 1 aromatic rings. The van der Waals surface area contributed by atoms with Crippen LogP contribution < -0.4 is 5.73 Å². The lowest BCUT2D eigenvalue weighted by Crippen LogP contribution is -2.37. The fourth-order valence-electron chi connectivity index (χ4n) is 3.69. The van der Waals surface area contributed by atoms with Crippen LogP contribution >= 0.6 is 0 Å². The first-order valence-electron chi connectivity index (χ1n) is 9.28. The standard InChI is InChI=1S/C20H34N2/c1-3-5-8-17(4-2)16-22-13-11-18(12-14-22)15-19-9-6-7-10-20(19)21/h6-7,9-10,17-18H,3-5,8,11-16,21H2,1-2H3. The van der Waals surface area contributed by atoms with Crippen LogP contribution in [0.1, 0.15) is 57.9 Å². The second kappa shape index (κ2) is 9.19. The van der Waals surface area contributed by atoms with Gasteiger partial charge in [-0.1, -0.05) is 51.3 Å². The Morgan fingerprint density at radius 3 is 2.55 bits per heavy atom. The molecule has 1 unspecified atom stereocenters. The predicted octanol–water partition coefficient (Wildman–Crippen LogP) is 4.74. The number of para-hydroxylation sites is 1. The van der Waals surface area contributed by atoms with Crippen LogP contribution in [0.3, 0.4) is 0 Å². The van der Waals surface area contributed by atoms with Crippen molar-refractivity contribution < 1.29 is 0 Å². The Bertz CT molecular complexity index is 421. The van der Waals surface area contributed by atoms with Crippen LogP contribution in [-0.2, 0) is 6.42 Å². The molecular weight excluding hydrogens is 268 g/mol. The molecule has 1 aromatic carbocycles. The topological polar surface area (TPSA) is 29.3 Å². The summed E-state index contributed by atoms with van der Waals surface area (Å²) in [6.07, 6.45) is 9.29. The maximum absolute atomic E-state index is 6.09. The molecule has 1 atom stereocenters. The second-order valence-electron chi connectivity index (χ2n) is 7.06. The van der Waals surface area contributed by atoms with Gasteiger partial charge in [-0.05, 0) is 62.2 Å². The van der Waals surface area contributed by atoms with Gasteiger partial charge in [0, 0.05) is 12.2 Å². The lowest BCUT2D eigenvalue weighted by molar-refractivity contribution is 0.154. The average Bonchev–Trinajstić information content (AvgIpc) is 2.55. The molecule has 1 aliphatic rings. The maximum Gasteiger partial charge on any atom is 0.0346 e. The third-order valence-electron chi connectivity index (χ3n) is 5.33. The first kappa shape index (κ1) is 17.3. The summed E-state index contributed by atoms with van der Waals surface area (Å²) in [6.45, 7) is 8.52. The Balaban J connectivity index is 1.74. The van der Waals surface area contributed by atoms with E-state index in [1.807, 2.05) is 12.1 Å². The molecule has 22 heavy (non-hydrogen) atoms. The zero-order valence-corrected chi connectivity index (χ0v) is 14.6. The number of hydrogen-bond acceptors (Lipinski definition) is 2. The van der Waals surface area contributed by atoms with E-state index in [0.717, 1.165) is 23.9 Å². The van der Waals surface area contributed by atoms with Crippen LogP contribution in [-0.4, -0.2) is 24.5 Å². The van der Waals surface area contributed by atoms with Crippen LogP contribution in [0, 0.1) is 11.8 Å². The monoisotopic (exact) mass is 302 g/mol. The maximum atomic E-state index is 6.09. The van der Waals surface area contributed by atoms with Gasteiger partial charge >= 0.3 is 0 Å². The van der Waals surface area contributed by atoms with E-state index in [1.165, 1.54) is 63.7 Å². The smallest absolute Gasteiger partial charge is 0.0346 e. The quantitative estimate of drug-likeness (QED) is 0.703. The van der Waals surface area contributed by atoms with Gasteiger partial charge in [-0.25, -0.2) is 0 Å². The van der Waals surface area contributed by atoms with Gasteiger partial charge in [0.05, 0.1) is 0 Å². The molecule has 2 nitrogen and oxygen atoms in total. The second-order valence-corrected chi connectivity index (χ2v) is 7.06. The fraction of sp³-hybridized carbons (Fsp3) is 0.700. The van der Waals surface area contributed by atoms with Gasteiger partial charge in [0.2, 0.25) is 0 Å². The molecule has 0 bridgehead atoms. The first-order valence-corrected chi connectivity index (χ1v) is 9.28. The number of piperidine rings is 1. The van der Waals surface area contributed by atoms with Crippen molar-refractivity contribution in [2.75, 3.05) is 25.4 Å². The van der Waals surface area contributed by atoms with Gasteiger partial charge < -0.3 is 10.6 Å². The lowest BCUT2D eigenvalue weighted by Gasteiger charge is -2.34. The average molecular weight is 303 g/mol. The number of hydrogen-bond donors (Lipinski definition) is 1. The molecule has 2 rings (SSSR count). The molecule has 0 spiro atoms. The van der Waals surface area contributed by atoms with Crippen molar-refractivity contribution in [2.45, 2.75) is 58.8 Å². The van der Waals surface area contributed by atoms with Gasteiger partial charge in [0.25, 0.3) is 0 Å². The Hall–Kier alpha value is -1.02. The molecular formula is C20H34N2. The highest BCUT2D eigenvalue weighted by Gasteiger charge is 2.21. The normalized spacial score (nSPS) is 18.5. The van der Waals surface area contributed by atoms with Gasteiger partial charge in [-0.15, -0.1) is 0 Å². The minimum absolute atomic E-state index is 0.816. The number of anilines is 1. The molecule has 1 aliphatic heterocycles. The molecule has 1 saturated heterocycles. The minimum Gasteiger partial charge on any atom is -0.399 e. The van der Waals surface area contributed by atoms with Crippen LogP contribution in [0.2, 0.25) is 0 Å². The molecule has 0 aliphatic carbocycles. The molecule has 0 aromatic heterocycles. The van der Waals surface area contributed by atoms with E-state index in [-0.39, 0.29) is 0 Å². The number of nitrogens with two attached hydrogens (primary N) is 1. The minimum atomic E-state index is 0.816. The zero-order chi connectivity index (χ0) is 15.8. The number of benzene rings is 1. The number of nitrogens with zero attached hydrogens (tertiary/aromatic N) is 1. The molecule has 2 heteroatoms. The van der Waals surface area contributed by atoms with Gasteiger partial charge in [0.1, 0.15) is 0 Å². The van der Waals surface area contributed by atoms with E-state index >= 15 is 0 Å². The number of unbranched alkanes of at least 4 members (excludes halogenated alkanes) is 1. The van der Waals surface area contributed by atoms with E-state index in [1.54, 1.807) is 0 Å². The molecule has 0 amide bonds. The fourth-order valence-corrected chi connectivity index (χ4v) is 3.69. The van der Waals surface area contributed by atoms with E-state index in [0.29, 0.717) is 0 Å². The largest absolute Gasteiger partial charge is 0.399 e. The third kappa shape index (κ3) is 5.31.